The molecule has 4 aromatic rings. The quantitative estimate of drug-likeness (QED) is 0.352. The topological polar surface area (TPSA) is 86.1 Å². The first-order valence-electron chi connectivity index (χ1n) is 10.2. The van der Waals surface area contributed by atoms with Crippen LogP contribution in [0.3, 0.4) is 0 Å². The molecule has 0 aliphatic carbocycles. The number of aryl methyl sites for hydroxylation is 1. The van der Waals surface area contributed by atoms with Gasteiger partial charge in [0.05, 0.1) is 12.0 Å². The number of aromatic nitrogens is 3. The number of pyridine rings is 1. The Bertz CT molecular complexity index is 1280. The van der Waals surface area contributed by atoms with E-state index >= 15 is 0 Å². The summed E-state index contributed by atoms with van der Waals surface area (Å²) in [5.41, 5.74) is 3.63. The third kappa shape index (κ3) is 5.12. The number of ether oxygens (including phenoxy) is 1. The van der Waals surface area contributed by atoms with Crippen molar-refractivity contribution in [2.45, 2.75) is 13.3 Å². The van der Waals surface area contributed by atoms with E-state index in [0.29, 0.717) is 22.8 Å². The van der Waals surface area contributed by atoms with Crippen molar-refractivity contribution in [3.05, 3.63) is 84.4 Å². The predicted molar refractivity (Wildman–Crippen MR) is 122 cm³/mol. The summed E-state index contributed by atoms with van der Waals surface area (Å²) in [6, 6.07) is 16.4. The van der Waals surface area contributed by atoms with E-state index in [1.165, 1.54) is 19.1 Å². The first-order valence-corrected chi connectivity index (χ1v) is 10.2. The Labute approximate surface area is 189 Å². The highest BCUT2D eigenvalue weighted by molar-refractivity contribution is 5.99. The van der Waals surface area contributed by atoms with Gasteiger partial charge in [0.1, 0.15) is 23.1 Å². The van der Waals surface area contributed by atoms with Gasteiger partial charge in [0.2, 0.25) is 5.91 Å². The minimum atomic E-state index is -0.405. The van der Waals surface area contributed by atoms with Gasteiger partial charge in [0, 0.05) is 31.9 Å². The first-order chi connectivity index (χ1) is 15.9. The summed E-state index contributed by atoms with van der Waals surface area (Å²) in [4.78, 5) is 28.0. The van der Waals surface area contributed by atoms with Gasteiger partial charge in [-0.05, 0) is 59.7 Å². The van der Waals surface area contributed by atoms with Crippen LogP contribution in [0.5, 0.6) is 5.75 Å². The van der Waals surface area contributed by atoms with Gasteiger partial charge in [-0.1, -0.05) is 12.1 Å². The van der Waals surface area contributed by atoms with Crippen LogP contribution in [0, 0.1) is 5.82 Å². The maximum Gasteiger partial charge on any atom is 0.308 e. The van der Waals surface area contributed by atoms with Gasteiger partial charge in [-0.15, -0.1) is 0 Å². The van der Waals surface area contributed by atoms with Crippen LogP contribution >= 0.6 is 0 Å². The highest BCUT2D eigenvalue weighted by Gasteiger charge is 2.21. The zero-order valence-electron chi connectivity index (χ0n) is 18.1. The zero-order chi connectivity index (χ0) is 23.4. The van der Waals surface area contributed by atoms with E-state index in [1.807, 2.05) is 12.1 Å². The monoisotopic (exact) mass is 444 g/mol. The van der Waals surface area contributed by atoms with E-state index in [4.69, 9.17) is 4.74 Å². The second-order valence-electron chi connectivity index (χ2n) is 7.40. The highest BCUT2D eigenvalue weighted by atomic mass is 19.1. The maximum atomic E-state index is 13.5. The minimum absolute atomic E-state index is 0.118. The summed E-state index contributed by atoms with van der Waals surface area (Å²) >= 11 is 0. The van der Waals surface area contributed by atoms with Crippen molar-refractivity contribution in [2.24, 2.45) is 7.05 Å². The van der Waals surface area contributed by atoms with E-state index in [-0.39, 0.29) is 18.1 Å². The molecule has 8 heteroatoms. The number of hydrogen-bond acceptors (Lipinski definition) is 5. The van der Waals surface area contributed by atoms with Gasteiger partial charge in [0.15, 0.2) is 0 Å². The Morgan fingerprint density at radius 2 is 1.64 bits per heavy atom. The fourth-order valence-electron chi connectivity index (χ4n) is 3.47. The van der Waals surface area contributed by atoms with Gasteiger partial charge in [-0.25, -0.2) is 4.39 Å². The Hall–Kier alpha value is -4.33. The number of rotatable bonds is 6. The molecule has 0 radical (unpaired) electrons. The van der Waals surface area contributed by atoms with Crippen molar-refractivity contribution in [3.63, 3.8) is 0 Å². The molecular weight excluding hydrogens is 423 g/mol. The molecule has 7 nitrogen and oxygen atoms in total. The molecule has 0 saturated carbocycles. The average molecular weight is 444 g/mol. The van der Waals surface area contributed by atoms with E-state index in [1.54, 1.807) is 60.5 Å². The SMILES string of the molecule is CC(=O)Oc1ccc(CC(=O)Nc2c(-c3ccncc3)c(-c3ccc(F)cc3)nn2C)cc1. The smallest absolute Gasteiger partial charge is 0.308 e. The molecule has 0 atom stereocenters. The van der Waals surface area contributed by atoms with E-state index in [0.717, 1.165) is 16.7 Å². The second kappa shape index (κ2) is 9.44. The number of anilines is 1. The van der Waals surface area contributed by atoms with E-state index in [9.17, 15) is 14.0 Å². The summed E-state index contributed by atoms with van der Waals surface area (Å²) < 4.78 is 20.1. The van der Waals surface area contributed by atoms with Crippen molar-refractivity contribution < 1.29 is 18.7 Å². The largest absolute Gasteiger partial charge is 0.427 e. The van der Waals surface area contributed by atoms with Crippen molar-refractivity contribution in [3.8, 4) is 28.1 Å². The zero-order valence-corrected chi connectivity index (χ0v) is 18.1. The molecule has 33 heavy (non-hydrogen) atoms. The Morgan fingerprint density at radius 3 is 2.27 bits per heavy atom. The third-order valence-electron chi connectivity index (χ3n) is 4.94. The number of nitrogens with zero attached hydrogens (tertiary/aromatic N) is 3. The van der Waals surface area contributed by atoms with Crippen molar-refractivity contribution in [1.29, 1.82) is 0 Å². The summed E-state index contributed by atoms with van der Waals surface area (Å²) in [5, 5.41) is 7.55. The minimum Gasteiger partial charge on any atom is -0.427 e. The van der Waals surface area contributed by atoms with Crippen LogP contribution in [-0.2, 0) is 23.1 Å². The van der Waals surface area contributed by atoms with E-state index in [2.05, 4.69) is 15.4 Å². The Morgan fingerprint density at radius 1 is 0.970 bits per heavy atom. The molecule has 0 unspecified atom stereocenters. The molecule has 166 valence electrons. The van der Waals surface area contributed by atoms with Gasteiger partial charge in [-0.3, -0.25) is 19.3 Å². The molecule has 2 aromatic carbocycles. The lowest BCUT2D eigenvalue weighted by Gasteiger charge is -2.10. The summed E-state index contributed by atoms with van der Waals surface area (Å²) in [6.45, 7) is 1.33. The number of carbonyl (C=O) groups excluding carboxylic acids is 2. The molecule has 0 aliphatic rings. The summed E-state index contributed by atoms with van der Waals surface area (Å²) in [7, 11) is 1.74. The van der Waals surface area contributed by atoms with Crippen molar-refractivity contribution >= 4 is 17.7 Å². The molecule has 0 saturated heterocycles. The molecule has 2 heterocycles. The molecule has 0 spiro atoms. The first kappa shape index (κ1) is 21.9. The number of halogens is 1. The molecular formula is C25H21FN4O3. The van der Waals surface area contributed by atoms with Crippen LogP contribution in [0.15, 0.2) is 73.1 Å². The number of carbonyl (C=O) groups is 2. The maximum absolute atomic E-state index is 13.5. The normalized spacial score (nSPS) is 10.6. The number of hydrogen-bond donors (Lipinski definition) is 1. The summed E-state index contributed by atoms with van der Waals surface area (Å²) in [6.07, 6.45) is 3.44. The van der Waals surface area contributed by atoms with Gasteiger partial charge >= 0.3 is 5.97 Å². The lowest BCUT2D eigenvalue weighted by atomic mass is 10.0. The average Bonchev–Trinajstić information content (AvgIpc) is 3.11. The highest BCUT2D eigenvalue weighted by Crippen LogP contribution is 2.37. The predicted octanol–water partition coefficient (Wildman–Crippen LogP) is 4.39. The van der Waals surface area contributed by atoms with Crippen LogP contribution in [0.1, 0.15) is 12.5 Å². The molecule has 1 N–H and O–H groups in total. The number of benzene rings is 2. The van der Waals surface area contributed by atoms with Crippen LogP contribution in [0.4, 0.5) is 10.2 Å². The fourth-order valence-corrected chi connectivity index (χ4v) is 3.47. The third-order valence-corrected chi connectivity index (χ3v) is 4.94. The number of amides is 1. The van der Waals surface area contributed by atoms with Crippen LogP contribution in [0.25, 0.3) is 22.4 Å². The lowest BCUT2D eigenvalue weighted by Crippen LogP contribution is -2.17. The fraction of sp³-hybridized carbons (Fsp3) is 0.120. The molecule has 0 bridgehead atoms. The van der Waals surface area contributed by atoms with E-state index < -0.39 is 5.97 Å². The van der Waals surface area contributed by atoms with Gasteiger partial charge < -0.3 is 10.1 Å². The Kier molecular flexibility index (Phi) is 6.26. The van der Waals surface area contributed by atoms with Crippen LogP contribution < -0.4 is 10.1 Å². The summed E-state index contributed by atoms with van der Waals surface area (Å²) in [5.74, 6) is -0.0471. The molecule has 2 aromatic heterocycles. The Balaban J connectivity index is 1.64. The lowest BCUT2D eigenvalue weighted by molar-refractivity contribution is -0.131. The number of nitrogens with one attached hydrogen (secondary N) is 1. The molecule has 1 amide bonds. The standard InChI is InChI=1S/C25H21FN4O3/c1-16(31)33-21-9-3-17(4-10-21)15-22(32)28-25-23(18-11-13-27-14-12-18)24(29-30(25)2)19-5-7-20(26)8-6-19/h3-14H,15H2,1-2H3,(H,28,32). The van der Waals surface area contributed by atoms with Gasteiger partial charge in [-0.2, -0.15) is 5.10 Å². The molecule has 0 fully saturated rings. The van der Waals surface area contributed by atoms with Crippen LogP contribution in [-0.4, -0.2) is 26.6 Å². The molecule has 4 rings (SSSR count). The van der Waals surface area contributed by atoms with Crippen LogP contribution in [0.2, 0.25) is 0 Å². The number of esters is 1. The molecule has 0 aliphatic heterocycles. The van der Waals surface area contributed by atoms with Gasteiger partial charge in [0.25, 0.3) is 0 Å². The second-order valence-corrected chi connectivity index (χ2v) is 7.40. The van der Waals surface area contributed by atoms with Crippen molar-refractivity contribution in [1.82, 2.24) is 14.8 Å². The van der Waals surface area contributed by atoms with Crippen molar-refractivity contribution in [2.75, 3.05) is 5.32 Å².